The van der Waals surface area contributed by atoms with Crippen molar-refractivity contribution in [1.29, 1.82) is 0 Å². The van der Waals surface area contributed by atoms with Crippen LogP contribution in [0.1, 0.15) is 53.9 Å². The lowest BCUT2D eigenvalue weighted by Crippen LogP contribution is -2.57. The van der Waals surface area contributed by atoms with Crippen LogP contribution < -0.4 is 0 Å². The Morgan fingerprint density at radius 3 is 2.14 bits per heavy atom. The summed E-state index contributed by atoms with van der Waals surface area (Å²) in [5, 5.41) is 0. The molecule has 21 heavy (non-hydrogen) atoms. The molecule has 2 bridgehead atoms. The van der Waals surface area contributed by atoms with E-state index in [1.54, 1.807) is 0 Å². The third-order valence-electron chi connectivity index (χ3n) is 6.59. The van der Waals surface area contributed by atoms with Crippen molar-refractivity contribution in [3.05, 3.63) is 0 Å². The number of piperidine rings is 1. The van der Waals surface area contributed by atoms with Crippen molar-refractivity contribution in [2.45, 2.75) is 59.5 Å². The van der Waals surface area contributed by atoms with Crippen LogP contribution in [-0.4, -0.2) is 35.5 Å². The van der Waals surface area contributed by atoms with Gasteiger partial charge in [-0.3, -0.25) is 9.59 Å². The van der Waals surface area contributed by atoms with Gasteiger partial charge in [0.05, 0.1) is 5.41 Å². The second-order valence-electron chi connectivity index (χ2n) is 8.33. The quantitative estimate of drug-likeness (QED) is 0.698. The van der Waals surface area contributed by atoms with Gasteiger partial charge in [-0.05, 0) is 38.0 Å². The molecule has 0 aromatic carbocycles. The monoisotopic (exact) mass is 293 g/mol. The molecular weight excluding hydrogens is 266 g/mol. The van der Waals surface area contributed by atoms with Gasteiger partial charge < -0.3 is 9.64 Å². The molecule has 1 saturated carbocycles. The van der Waals surface area contributed by atoms with Gasteiger partial charge in [0.2, 0.25) is 0 Å². The molecule has 1 aliphatic carbocycles. The molecular formula is C17H27NO3. The summed E-state index contributed by atoms with van der Waals surface area (Å²) in [5.41, 5.74) is -1.89. The van der Waals surface area contributed by atoms with Crippen molar-refractivity contribution in [1.82, 2.24) is 4.90 Å². The van der Waals surface area contributed by atoms with Crippen molar-refractivity contribution in [3.8, 4) is 0 Å². The van der Waals surface area contributed by atoms with E-state index in [0.717, 1.165) is 25.9 Å². The topological polar surface area (TPSA) is 46.6 Å². The number of hydrogen-bond acceptors (Lipinski definition) is 3. The normalized spacial score (nSPS) is 44.8. The molecule has 118 valence electrons. The summed E-state index contributed by atoms with van der Waals surface area (Å²) in [4.78, 5) is 27.5. The molecule has 4 heteroatoms. The smallest absolute Gasteiger partial charge is 0.313 e. The number of esters is 1. The van der Waals surface area contributed by atoms with Crippen molar-refractivity contribution >= 4 is 11.9 Å². The predicted molar refractivity (Wildman–Crippen MR) is 79.5 cm³/mol. The van der Waals surface area contributed by atoms with Crippen LogP contribution in [0.4, 0.5) is 0 Å². The lowest BCUT2D eigenvalue weighted by atomic mass is 9.66. The van der Waals surface area contributed by atoms with E-state index < -0.39 is 16.4 Å². The number of hydrogen-bond donors (Lipinski definition) is 0. The van der Waals surface area contributed by atoms with Gasteiger partial charge in [0.15, 0.2) is 5.60 Å². The Morgan fingerprint density at radius 1 is 1.14 bits per heavy atom. The minimum atomic E-state index is -0.935. The first-order valence-electron chi connectivity index (χ1n) is 8.17. The van der Waals surface area contributed by atoms with E-state index >= 15 is 0 Å². The molecule has 0 spiro atoms. The third-order valence-corrected chi connectivity index (χ3v) is 6.59. The van der Waals surface area contributed by atoms with Crippen LogP contribution >= 0.6 is 0 Å². The SMILES string of the molecule is C[C@@H]1C[C@@H](C)CN(C(=O)[C@]23CC[C@](C)(C(=O)O2)C3(C)C)C1. The Balaban J connectivity index is 1.93. The standard InChI is InChI=1S/C17H27NO3/c1-11-8-12(2)10-18(9-11)13(19)17-7-6-16(5,14(20)21-17)15(17,3)4/h11-12H,6-10H2,1-5H3/t11-,12-,16-,17+/m1/s1. The van der Waals surface area contributed by atoms with Crippen LogP contribution in [0.15, 0.2) is 0 Å². The number of carbonyl (C=O) groups excluding carboxylic acids is 2. The van der Waals surface area contributed by atoms with E-state index in [-0.39, 0.29) is 11.9 Å². The summed E-state index contributed by atoms with van der Waals surface area (Å²) in [6.07, 6.45) is 2.58. The van der Waals surface area contributed by atoms with Gasteiger partial charge in [0.25, 0.3) is 5.91 Å². The Morgan fingerprint density at radius 2 is 1.71 bits per heavy atom. The molecule has 0 N–H and O–H groups in total. The summed E-state index contributed by atoms with van der Waals surface area (Å²) >= 11 is 0. The average molecular weight is 293 g/mol. The highest BCUT2D eigenvalue weighted by Crippen LogP contribution is 2.66. The number of nitrogens with zero attached hydrogens (tertiary/aromatic N) is 1. The third kappa shape index (κ3) is 1.68. The minimum absolute atomic E-state index is 0.0421. The Labute approximate surface area is 127 Å². The fraction of sp³-hybridized carbons (Fsp3) is 0.882. The second-order valence-corrected chi connectivity index (χ2v) is 8.33. The Bertz CT molecular complexity index is 490. The number of rotatable bonds is 1. The van der Waals surface area contributed by atoms with Gasteiger partial charge in [0, 0.05) is 18.5 Å². The highest BCUT2D eigenvalue weighted by molar-refractivity contribution is 5.96. The molecule has 2 aliphatic heterocycles. The largest absolute Gasteiger partial charge is 0.448 e. The number of carbonyl (C=O) groups is 2. The van der Waals surface area contributed by atoms with Crippen LogP contribution in [0.2, 0.25) is 0 Å². The number of ether oxygens (including phenoxy) is 1. The number of fused-ring (bicyclic) bond motifs is 2. The van der Waals surface area contributed by atoms with Gasteiger partial charge in [-0.25, -0.2) is 0 Å². The molecule has 0 aromatic rings. The zero-order valence-corrected chi connectivity index (χ0v) is 13.9. The van der Waals surface area contributed by atoms with Gasteiger partial charge in [-0.2, -0.15) is 0 Å². The molecule has 1 amide bonds. The van der Waals surface area contributed by atoms with E-state index in [2.05, 4.69) is 13.8 Å². The Kier molecular flexibility index (Phi) is 3.00. The van der Waals surface area contributed by atoms with Gasteiger partial charge in [-0.15, -0.1) is 0 Å². The lowest BCUT2D eigenvalue weighted by Gasteiger charge is -2.42. The first kappa shape index (κ1) is 14.9. The molecule has 4 nitrogen and oxygen atoms in total. The van der Waals surface area contributed by atoms with Crippen molar-refractivity contribution in [2.24, 2.45) is 22.7 Å². The molecule has 3 aliphatic rings. The van der Waals surface area contributed by atoms with E-state index in [4.69, 9.17) is 4.74 Å². The van der Waals surface area contributed by atoms with Crippen LogP contribution in [-0.2, 0) is 14.3 Å². The van der Waals surface area contributed by atoms with Crippen LogP contribution in [0.5, 0.6) is 0 Å². The maximum Gasteiger partial charge on any atom is 0.313 e. The van der Waals surface area contributed by atoms with Crippen molar-refractivity contribution in [2.75, 3.05) is 13.1 Å². The minimum Gasteiger partial charge on any atom is -0.448 e. The Hall–Kier alpha value is -1.06. The summed E-state index contributed by atoms with van der Waals surface area (Å²) in [6, 6.07) is 0. The van der Waals surface area contributed by atoms with Crippen molar-refractivity contribution < 1.29 is 14.3 Å². The van der Waals surface area contributed by atoms with Crippen LogP contribution in [0.25, 0.3) is 0 Å². The fourth-order valence-corrected chi connectivity index (χ4v) is 4.81. The summed E-state index contributed by atoms with van der Waals surface area (Å²) < 4.78 is 5.72. The zero-order chi connectivity index (χ0) is 15.6. The highest BCUT2D eigenvalue weighted by atomic mass is 16.6. The predicted octanol–water partition coefficient (Wildman–Crippen LogP) is 2.61. The molecule has 3 rings (SSSR count). The number of likely N-dealkylation sites (tertiary alicyclic amines) is 1. The van der Waals surface area contributed by atoms with E-state index in [9.17, 15) is 9.59 Å². The van der Waals surface area contributed by atoms with E-state index in [1.165, 1.54) is 0 Å². The van der Waals surface area contributed by atoms with Gasteiger partial charge >= 0.3 is 5.97 Å². The second kappa shape index (κ2) is 4.23. The fourth-order valence-electron chi connectivity index (χ4n) is 4.81. The number of amides is 1. The van der Waals surface area contributed by atoms with E-state index in [0.29, 0.717) is 18.3 Å². The summed E-state index contributed by atoms with van der Waals surface area (Å²) in [5.74, 6) is 0.884. The zero-order valence-electron chi connectivity index (χ0n) is 13.9. The summed E-state index contributed by atoms with van der Waals surface area (Å²) in [7, 11) is 0. The van der Waals surface area contributed by atoms with Crippen LogP contribution in [0.3, 0.4) is 0 Å². The molecule has 3 fully saturated rings. The first-order chi connectivity index (χ1) is 9.64. The lowest BCUT2D eigenvalue weighted by molar-refractivity contribution is -0.175. The molecule has 0 aromatic heterocycles. The summed E-state index contributed by atoms with van der Waals surface area (Å²) in [6.45, 7) is 12.0. The molecule has 0 unspecified atom stereocenters. The van der Waals surface area contributed by atoms with Gasteiger partial charge in [-0.1, -0.05) is 27.7 Å². The van der Waals surface area contributed by atoms with E-state index in [1.807, 2.05) is 25.7 Å². The highest BCUT2D eigenvalue weighted by Gasteiger charge is 2.76. The van der Waals surface area contributed by atoms with Crippen LogP contribution in [0, 0.1) is 22.7 Å². The van der Waals surface area contributed by atoms with Gasteiger partial charge in [0.1, 0.15) is 0 Å². The van der Waals surface area contributed by atoms with Crippen molar-refractivity contribution in [3.63, 3.8) is 0 Å². The molecule has 2 saturated heterocycles. The first-order valence-corrected chi connectivity index (χ1v) is 8.17. The maximum atomic E-state index is 13.2. The average Bonchev–Trinajstić information content (AvgIpc) is 2.67. The maximum absolute atomic E-state index is 13.2. The molecule has 0 radical (unpaired) electrons. The molecule has 4 atom stereocenters. The molecule has 2 heterocycles.